The van der Waals surface area contributed by atoms with Crippen LogP contribution in [0.3, 0.4) is 0 Å². The molecular weight excluding hydrogens is 374 g/mol. The normalized spacial score (nSPS) is 26.6. The number of benzene rings is 2. The summed E-state index contributed by atoms with van der Waals surface area (Å²) in [7, 11) is 1.41. The first-order valence-corrected chi connectivity index (χ1v) is 9.87. The molecule has 0 aromatic heterocycles. The number of methoxy groups -OCH3 is 1. The van der Waals surface area contributed by atoms with E-state index in [0.717, 1.165) is 17.7 Å². The van der Waals surface area contributed by atoms with Crippen LogP contribution < -0.4 is 4.90 Å². The third-order valence-corrected chi connectivity index (χ3v) is 6.02. The van der Waals surface area contributed by atoms with Gasteiger partial charge in [0.25, 0.3) is 0 Å². The second-order valence-corrected chi connectivity index (χ2v) is 7.71. The van der Waals surface area contributed by atoms with Crippen LogP contribution in [0.5, 0.6) is 0 Å². The van der Waals surface area contributed by atoms with Crippen LogP contribution in [0.15, 0.2) is 66.7 Å². The number of esters is 1. The van der Waals surface area contributed by atoms with E-state index in [2.05, 4.69) is 6.08 Å². The number of rotatable bonds is 4. The van der Waals surface area contributed by atoms with Gasteiger partial charge in [-0.25, -0.2) is 0 Å². The lowest BCUT2D eigenvalue weighted by Crippen LogP contribution is -2.59. The van der Waals surface area contributed by atoms with Crippen LogP contribution in [0.4, 0.5) is 5.69 Å². The first kappa shape index (κ1) is 18.8. The van der Waals surface area contributed by atoms with Gasteiger partial charge >= 0.3 is 5.97 Å². The van der Waals surface area contributed by atoms with Crippen molar-refractivity contribution >= 4 is 29.2 Å². The average Bonchev–Trinajstić information content (AvgIpc) is 2.74. The summed E-state index contributed by atoms with van der Waals surface area (Å²) in [5.41, 5.74) is 1.87. The molecule has 144 valence electrons. The van der Waals surface area contributed by atoms with Gasteiger partial charge in [0.1, 0.15) is 0 Å². The van der Waals surface area contributed by atoms with Crippen molar-refractivity contribution in [3.05, 3.63) is 77.3 Å². The van der Waals surface area contributed by atoms with Crippen LogP contribution in [-0.2, 0) is 14.3 Å². The fourth-order valence-electron chi connectivity index (χ4n) is 4.43. The predicted molar refractivity (Wildman–Crippen MR) is 109 cm³/mol. The summed E-state index contributed by atoms with van der Waals surface area (Å²) in [4.78, 5) is 27.5. The van der Waals surface area contributed by atoms with E-state index in [1.165, 1.54) is 7.11 Å². The van der Waals surface area contributed by atoms with E-state index in [9.17, 15) is 9.59 Å². The second-order valence-electron chi connectivity index (χ2n) is 7.28. The van der Waals surface area contributed by atoms with E-state index in [0.29, 0.717) is 11.4 Å². The van der Waals surface area contributed by atoms with Crippen molar-refractivity contribution < 1.29 is 14.3 Å². The van der Waals surface area contributed by atoms with Crippen LogP contribution in [0.2, 0.25) is 5.02 Å². The second kappa shape index (κ2) is 7.80. The topological polar surface area (TPSA) is 46.6 Å². The van der Waals surface area contributed by atoms with E-state index in [4.69, 9.17) is 16.3 Å². The lowest BCUT2D eigenvalue weighted by atomic mass is 9.67. The Morgan fingerprint density at radius 3 is 2.50 bits per heavy atom. The molecule has 2 aromatic rings. The van der Waals surface area contributed by atoms with Crippen molar-refractivity contribution in [2.45, 2.75) is 18.9 Å². The summed E-state index contributed by atoms with van der Waals surface area (Å²) >= 11 is 6.02. The highest BCUT2D eigenvalue weighted by Crippen LogP contribution is 2.50. The number of hydrogen-bond donors (Lipinski definition) is 0. The highest BCUT2D eigenvalue weighted by atomic mass is 35.5. The maximum Gasteiger partial charge on any atom is 0.309 e. The number of ether oxygens (including phenoxy) is 1. The zero-order valence-corrected chi connectivity index (χ0v) is 16.4. The minimum atomic E-state index is -0.293. The zero-order chi connectivity index (χ0) is 19.7. The molecule has 1 saturated heterocycles. The Balaban J connectivity index is 1.73. The third kappa shape index (κ3) is 3.22. The summed E-state index contributed by atoms with van der Waals surface area (Å²) in [6, 6.07) is 17.2. The summed E-state index contributed by atoms with van der Waals surface area (Å²) in [5, 5.41) is 0.630. The number of halogens is 1. The molecule has 4 rings (SSSR count). The lowest BCUT2D eigenvalue weighted by Gasteiger charge is -2.51. The van der Waals surface area contributed by atoms with Crippen LogP contribution in [0.25, 0.3) is 0 Å². The van der Waals surface area contributed by atoms with E-state index in [-0.39, 0.29) is 35.7 Å². The Hall–Kier alpha value is -2.59. The molecular formula is C23H22ClNO3. The molecule has 28 heavy (non-hydrogen) atoms. The maximum absolute atomic E-state index is 13.3. The van der Waals surface area contributed by atoms with Gasteiger partial charge in [0.05, 0.1) is 25.0 Å². The first-order chi connectivity index (χ1) is 13.6. The van der Waals surface area contributed by atoms with Gasteiger partial charge in [-0.15, -0.1) is 0 Å². The maximum atomic E-state index is 13.3. The Morgan fingerprint density at radius 2 is 1.82 bits per heavy atom. The number of hydrogen-bond acceptors (Lipinski definition) is 3. The molecule has 0 N–H and O–H groups in total. The van der Waals surface area contributed by atoms with Gasteiger partial charge in [0, 0.05) is 16.6 Å². The molecule has 0 unspecified atom stereocenters. The van der Waals surface area contributed by atoms with Gasteiger partial charge in [0.2, 0.25) is 5.91 Å². The largest absolute Gasteiger partial charge is 0.469 e. The van der Waals surface area contributed by atoms with Gasteiger partial charge in [-0.3, -0.25) is 9.59 Å². The predicted octanol–water partition coefficient (Wildman–Crippen LogP) is 4.80. The molecule has 2 aliphatic rings. The molecule has 5 heteroatoms. The van der Waals surface area contributed by atoms with Crippen LogP contribution in [-0.4, -0.2) is 19.0 Å². The molecule has 1 heterocycles. The van der Waals surface area contributed by atoms with Crippen molar-refractivity contribution in [3.63, 3.8) is 0 Å². The monoisotopic (exact) mass is 395 g/mol. The van der Waals surface area contributed by atoms with E-state index >= 15 is 0 Å². The number of nitrogens with zero attached hydrogens (tertiary/aromatic N) is 1. The van der Waals surface area contributed by atoms with Gasteiger partial charge in [-0.05, 0) is 42.7 Å². The standard InChI is InChI=1S/C23H22ClNO3/c1-28-23(27)19-10-6-5-9-18(19)20-21(15-7-3-2-4-8-15)25(22(20)26)17-13-11-16(24)12-14-17/h2-5,7-9,11-14,18-21H,6,10H2,1H3/t18-,19+,20+,21+/m0/s1. The minimum Gasteiger partial charge on any atom is -0.469 e. The highest BCUT2D eigenvalue weighted by molar-refractivity contribution is 6.30. The molecule has 0 saturated carbocycles. The number of amides is 1. The fraction of sp³-hybridized carbons (Fsp3) is 0.304. The van der Waals surface area contributed by atoms with Crippen LogP contribution >= 0.6 is 11.6 Å². The quantitative estimate of drug-likeness (QED) is 0.424. The minimum absolute atomic E-state index is 0.0293. The number of β-lactam (4-membered cyclic amide) rings is 1. The average molecular weight is 396 g/mol. The van der Waals surface area contributed by atoms with Crippen molar-refractivity contribution in [3.8, 4) is 0 Å². The van der Waals surface area contributed by atoms with Gasteiger partial charge in [0.15, 0.2) is 0 Å². The number of carbonyl (C=O) groups is 2. The lowest BCUT2D eigenvalue weighted by molar-refractivity contribution is -0.149. The Kier molecular flexibility index (Phi) is 5.23. The van der Waals surface area contributed by atoms with Gasteiger partial charge in [-0.2, -0.15) is 0 Å². The van der Waals surface area contributed by atoms with Crippen molar-refractivity contribution in [1.82, 2.24) is 0 Å². The number of carbonyl (C=O) groups excluding carboxylic acids is 2. The van der Waals surface area contributed by atoms with Crippen molar-refractivity contribution in [2.24, 2.45) is 17.8 Å². The summed E-state index contributed by atoms with van der Waals surface area (Å²) in [5.74, 6) is -0.954. The van der Waals surface area contributed by atoms with Gasteiger partial charge < -0.3 is 9.64 Å². The fourth-order valence-corrected chi connectivity index (χ4v) is 4.56. The Morgan fingerprint density at radius 1 is 1.11 bits per heavy atom. The third-order valence-electron chi connectivity index (χ3n) is 5.77. The zero-order valence-electron chi connectivity index (χ0n) is 15.6. The Labute approximate surface area is 169 Å². The van der Waals surface area contributed by atoms with E-state index in [1.807, 2.05) is 53.4 Å². The van der Waals surface area contributed by atoms with Crippen LogP contribution in [0.1, 0.15) is 24.4 Å². The molecule has 0 bridgehead atoms. The molecule has 0 spiro atoms. The first-order valence-electron chi connectivity index (χ1n) is 9.50. The molecule has 4 nitrogen and oxygen atoms in total. The molecule has 1 fully saturated rings. The Bertz CT molecular complexity index is 894. The molecule has 1 amide bonds. The highest BCUT2D eigenvalue weighted by Gasteiger charge is 2.54. The summed E-state index contributed by atoms with van der Waals surface area (Å²) < 4.78 is 5.03. The summed E-state index contributed by atoms with van der Waals surface area (Å²) in [6.45, 7) is 0. The molecule has 1 aliphatic heterocycles. The van der Waals surface area contributed by atoms with E-state index < -0.39 is 0 Å². The molecule has 1 aliphatic carbocycles. The van der Waals surface area contributed by atoms with Crippen molar-refractivity contribution in [2.75, 3.05) is 12.0 Å². The number of allylic oxidation sites excluding steroid dienone is 2. The van der Waals surface area contributed by atoms with Crippen LogP contribution in [0, 0.1) is 17.8 Å². The molecule has 4 atom stereocenters. The smallest absolute Gasteiger partial charge is 0.309 e. The SMILES string of the molecule is COC(=O)[C@@H]1CCC=C[C@@H]1[C@H]1C(=O)N(c2ccc(Cl)cc2)[C@@H]1c1ccccc1. The van der Waals surface area contributed by atoms with Crippen molar-refractivity contribution in [1.29, 1.82) is 0 Å². The summed E-state index contributed by atoms with van der Waals surface area (Å²) in [6.07, 6.45) is 5.64. The molecule has 2 aromatic carbocycles. The molecule has 0 radical (unpaired) electrons. The van der Waals surface area contributed by atoms with E-state index in [1.54, 1.807) is 12.1 Å². The number of anilines is 1. The van der Waals surface area contributed by atoms with Gasteiger partial charge in [-0.1, -0.05) is 54.1 Å².